The molecule has 0 fully saturated rings. The highest BCUT2D eigenvalue weighted by atomic mass is 16.6. The molecule has 0 amide bonds. The van der Waals surface area contributed by atoms with Crippen molar-refractivity contribution in [3.63, 3.8) is 0 Å². The van der Waals surface area contributed by atoms with Crippen molar-refractivity contribution in [1.82, 2.24) is 9.97 Å². The summed E-state index contributed by atoms with van der Waals surface area (Å²) in [7, 11) is 0. The minimum atomic E-state index is -0.799. The number of anilines is 2. The predicted molar refractivity (Wildman–Crippen MR) is 131 cm³/mol. The molecule has 0 unspecified atom stereocenters. The minimum Gasteiger partial charge on any atom is -0.457 e. The number of fused-ring (bicyclic) bond motifs is 1. The van der Waals surface area contributed by atoms with Crippen LogP contribution < -0.4 is 20.9 Å². The number of aromatic nitrogens is 2. The molecule has 0 aliphatic heterocycles. The molecule has 182 valence electrons. The quantitative estimate of drug-likeness (QED) is 0.305. The summed E-state index contributed by atoms with van der Waals surface area (Å²) in [5.41, 5.74) is 13.8. The first-order chi connectivity index (χ1) is 17.2. The summed E-state index contributed by atoms with van der Waals surface area (Å²) in [4.78, 5) is 45.2. The van der Waals surface area contributed by atoms with Gasteiger partial charge in [0.05, 0.1) is 5.52 Å². The molecular weight excluding hydrogens is 464 g/mol. The molecular formula is C26H22N4O6. The lowest BCUT2D eigenvalue weighted by Crippen LogP contribution is -2.15. The second-order valence-corrected chi connectivity index (χ2v) is 7.76. The first-order valence-electron chi connectivity index (χ1n) is 10.8. The van der Waals surface area contributed by atoms with Gasteiger partial charge in [-0.25, -0.2) is 14.6 Å². The van der Waals surface area contributed by atoms with E-state index in [0.29, 0.717) is 16.5 Å². The molecule has 0 radical (unpaired) electrons. The molecule has 0 bridgehead atoms. The highest BCUT2D eigenvalue weighted by Crippen LogP contribution is 2.27. The van der Waals surface area contributed by atoms with Crippen LogP contribution in [-0.2, 0) is 16.1 Å². The average molecular weight is 486 g/mol. The van der Waals surface area contributed by atoms with Crippen LogP contribution >= 0.6 is 0 Å². The Kier molecular flexibility index (Phi) is 6.77. The standard InChI is InChI=1S/C26H22N4O6/c1-14-16(11-12-19-22(14)23(27)30-26(28)29-19)13-34-24(32)17-7-3-6-10-21(17)36-25(33)18-8-4-5-9-20(18)35-15(2)31/h3-12H,13H2,1-2H3,(H4,27,28,29,30). The number of aryl methyl sites for hydroxylation is 1. The van der Waals surface area contributed by atoms with Crippen molar-refractivity contribution in [1.29, 1.82) is 0 Å². The van der Waals surface area contributed by atoms with Crippen LogP contribution in [0.1, 0.15) is 38.8 Å². The van der Waals surface area contributed by atoms with Crippen molar-refractivity contribution >= 4 is 40.6 Å². The van der Waals surface area contributed by atoms with Crippen LogP contribution in [0, 0.1) is 6.92 Å². The smallest absolute Gasteiger partial charge is 0.347 e. The lowest BCUT2D eigenvalue weighted by molar-refractivity contribution is -0.131. The van der Waals surface area contributed by atoms with E-state index in [0.717, 1.165) is 5.56 Å². The van der Waals surface area contributed by atoms with Gasteiger partial charge in [-0.15, -0.1) is 0 Å². The lowest BCUT2D eigenvalue weighted by atomic mass is 10.0. The molecule has 1 aromatic heterocycles. The summed E-state index contributed by atoms with van der Waals surface area (Å²) < 4.78 is 16.0. The third-order valence-corrected chi connectivity index (χ3v) is 5.31. The van der Waals surface area contributed by atoms with E-state index in [1.165, 1.54) is 31.2 Å². The Labute approximate surface area is 205 Å². The van der Waals surface area contributed by atoms with Crippen LogP contribution in [0.15, 0.2) is 60.7 Å². The number of hydrogen-bond acceptors (Lipinski definition) is 10. The molecule has 4 aromatic rings. The molecule has 10 heteroatoms. The van der Waals surface area contributed by atoms with Crippen LogP contribution in [0.2, 0.25) is 0 Å². The summed E-state index contributed by atoms with van der Waals surface area (Å²) >= 11 is 0. The van der Waals surface area contributed by atoms with E-state index >= 15 is 0 Å². The number of carbonyl (C=O) groups is 3. The second-order valence-electron chi connectivity index (χ2n) is 7.76. The summed E-state index contributed by atoms with van der Waals surface area (Å²) in [6.07, 6.45) is 0. The third-order valence-electron chi connectivity index (χ3n) is 5.31. The average Bonchev–Trinajstić information content (AvgIpc) is 2.83. The number of esters is 3. The Morgan fingerprint density at radius 2 is 1.42 bits per heavy atom. The van der Waals surface area contributed by atoms with Gasteiger partial charge in [0.15, 0.2) is 0 Å². The minimum absolute atomic E-state index is 0.00604. The van der Waals surface area contributed by atoms with Crippen molar-refractivity contribution in [3.05, 3.63) is 82.9 Å². The number of ether oxygens (including phenoxy) is 3. The summed E-state index contributed by atoms with van der Waals surface area (Å²) in [5, 5.41) is 0.624. The van der Waals surface area contributed by atoms with E-state index in [1.54, 1.807) is 36.4 Å². The Morgan fingerprint density at radius 3 is 2.08 bits per heavy atom. The molecule has 0 aliphatic rings. The van der Waals surface area contributed by atoms with Crippen molar-refractivity contribution in [2.24, 2.45) is 0 Å². The van der Waals surface area contributed by atoms with E-state index in [9.17, 15) is 14.4 Å². The number of nitrogen functional groups attached to an aromatic ring is 2. The Balaban J connectivity index is 1.53. The topological polar surface area (TPSA) is 157 Å². The van der Waals surface area contributed by atoms with Gasteiger partial charge in [-0.05, 0) is 48.4 Å². The number of carbonyl (C=O) groups excluding carboxylic acids is 3. The highest BCUT2D eigenvalue weighted by Gasteiger charge is 2.21. The van der Waals surface area contributed by atoms with Gasteiger partial charge in [0.2, 0.25) is 5.95 Å². The summed E-state index contributed by atoms with van der Waals surface area (Å²) in [5.74, 6) is -1.74. The zero-order valence-electron chi connectivity index (χ0n) is 19.5. The molecule has 0 aliphatic carbocycles. The van der Waals surface area contributed by atoms with Gasteiger partial charge in [-0.1, -0.05) is 30.3 Å². The number of benzene rings is 3. The molecule has 10 nitrogen and oxygen atoms in total. The van der Waals surface area contributed by atoms with Crippen LogP contribution in [0.25, 0.3) is 10.9 Å². The monoisotopic (exact) mass is 486 g/mol. The first-order valence-corrected chi connectivity index (χ1v) is 10.8. The van der Waals surface area contributed by atoms with Crippen LogP contribution in [-0.4, -0.2) is 27.9 Å². The fraction of sp³-hybridized carbons (Fsp3) is 0.115. The normalized spacial score (nSPS) is 10.6. The maximum Gasteiger partial charge on any atom is 0.347 e. The maximum atomic E-state index is 12.9. The predicted octanol–water partition coefficient (Wildman–Crippen LogP) is 3.60. The van der Waals surface area contributed by atoms with E-state index in [4.69, 9.17) is 25.7 Å². The van der Waals surface area contributed by atoms with Crippen molar-refractivity contribution < 1.29 is 28.6 Å². The zero-order valence-corrected chi connectivity index (χ0v) is 19.5. The van der Waals surface area contributed by atoms with E-state index in [2.05, 4.69) is 9.97 Å². The third kappa shape index (κ3) is 5.07. The molecule has 4 rings (SSSR count). The van der Waals surface area contributed by atoms with Crippen molar-refractivity contribution in [2.75, 3.05) is 11.5 Å². The fourth-order valence-corrected chi connectivity index (χ4v) is 3.62. The van der Waals surface area contributed by atoms with Crippen LogP contribution in [0.4, 0.5) is 11.8 Å². The van der Waals surface area contributed by atoms with Crippen molar-refractivity contribution in [2.45, 2.75) is 20.5 Å². The van der Waals surface area contributed by atoms with Gasteiger partial charge in [-0.2, -0.15) is 4.98 Å². The SMILES string of the molecule is CC(=O)Oc1ccccc1C(=O)Oc1ccccc1C(=O)OCc1ccc2nc(N)nc(N)c2c1C. The Morgan fingerprint density at radius 1 is 0.806 bits per heavy atom. The number of hydrogen-bond donors (Lipinski definition) is 2. The van der Waals surface area contributed by atoms with Crippen molar-refractivity contribution in [3.8, 4) is 11.5 Å². The van der Waals surface area contributed by atoms with E-state index in [1.807, 2.05) is 6.92 Å². The number of rotatable bonds is 6. The number of nitrogens with zero attached hydrogens (tertiary/aromatic N) is 2. The first kappa shape index (κ1) is 24.1. The van der Waals surface area contributed by atoms with Crippen LogP contribution in [0.5, 0.6) is 11.5 Å². The molecule has 4 N–H and O–H groups in total. The van der Waals surface area contributed by atoms with Gasteiger partial charge < -0.3 is 25.7 Å². The molecule has 0 saturated carbocycles. The van der Waals surface area contributed by atoms with Gasteiger partial charge in [0.25, 0.3) is 0 Å². The van der Waals surface area contributed by atoms with E-state index < -0.39 is 17.9 Å². The number of nitrogens with two attached hydrogens (primary N) is 2. The van der Waals surface area contributed by atoms with E-state index in [-0.39, 0.29) is 41.0 Å². The Bertz CT molecular complexity index is 1500. The molecule has 1 heterocycles. The zero-order chi connectivity index (χ0) is 25.8. The fourth-order valence-electron chi connectivity index (χ4n) is 3.62. The molecule has 36 heavy (non-hydrogen) atoms. The summed E-state index contributed by atoms with van der Waals surface area (Å²) in [6.45, 7) is 2.97. The van der Waals surface area contributed by atoms with Gasteiger partial charge >= 0.3 is 17.9 Å². The number of para-hydroxylation sites is 2. The maximum absolute atomic E-state index is 12.9. The van der Waals surface area contributed by atoms with Gasteiger partial charge in [-0.3, -0.25) is 4.79 Å². The molecule has 0 spiro atoms. The highest BCUT2D eigenvalue weighted by molar-refractivity contribution is 5.98. The second kappa shape index (κ2) is 10.1. The molecule has 3 aromatic carbocycles. The molecule has 0 saturated heterocycles. The van der Waals surface area contributed by atoms with Gasteiger partial charge in [0, 0.05) is 12.3 Å². The van der Waals surface area contributed by atoms with Gasteiger partial charge in [0.1, 0.15) is 35.1 Å². The summed E-state index contributed by atoms with van der Waals surface area (Å²) in [6, 6.07) is 15.8. The van der Waals surface area contributed by atoms with Crippen LogP contribution in [0.3, 0.4) is 0 Å². The lowest BCUT2D eigenvalue weighted by Gasteiger charge is -2.13. The molecule has 0 atom stereocenters. The largest absolute Gasteiger partial charge is 0.457 e. The Hall–Kier alpha value is -4.99.